The van der Waals surface area contributed by atoms with Crippen molar-refractivity contribution in [1.29, 1.82) is 5.26 Å². The summed E-state index contributed by atoms with van der Waals surface area (Å²) in [5.74, 6) is 1.21. The van der Waals surface area contributed by atoms with Gasteiger partial charge in [0.2, 0.25) is 11.8 Å². The van der Waals surface area contributed by atoms with E-state index in [0.29, 0.717) is 18.7 Å². The lowest BCUT2D eigenvalue weighted by atomic mass is 9.48. The minimum absolute atomic E-state index is 0.0364. The van der Waals surface area contributed by atoms with Crippen molar-refractivity contribution >= 4 is 18.1 Å². The Morgan fingerprint density at radius 3 is 2.08 bits per heavy atom. The van der Waals surface area contributed by atoms with E-state index in [0.717, 1.165) is 69.0 Å². The van der Waals surface area contributed by atoms with Gasteiger partial charge in [-0.2, -0.15) is 5.26 Å². The van der Waals surface area contributed by atoms with E-state index in [2.05, 4.69) is 39.1 Å². The number of nitrogens with zero attached hydrogens (tertiary/aromatic N) is 2. The SMILES string of the molecule is Cc1cc(OC2C(C)(C)C(NC(=O)C34CCC(C(=O)N5CCC(C=O)CC5)(CC3)CC4)C2(C)C)ccc1C#N. The van der Waals surface area contributed by atoms with E-state index in [1.54, 1.807) is 6.07 Å². The molecule has 0 aromatic heterocycles. The van der Waals surface area contributed by atoms with Crippen LogP contribution in [-0.2, 0) is 14.4 Å². The van der Waals surface area contributed by atoms with E-state index < -0.39 is 5.41 Å². The topological polar surface area (TPSA) is 99.5 Å². The molecule has 0 spiro atoms. The number of carbonyl (C=O) groups excluding carboxylic acids is 3. The second-order valence-electron chi connectivity index (χ2n) is 14.0. The number of nitriles is 1. The van der Waals surface area contributed by atoms with Crippen LogP contribution in [0.1, 0.15) is 90.2 Å². The van der Waals surface area contributed by atoms with Crippen LogP contribution in [0, 0.1) is 45.8 Å². The molecule has 1 aromatic rings. The zero-order valence-corrected chi connectivity index (χ0v) is 24.1. The van der Waals surface area contributed by atoms with Gasteiger partial charge in [0.05, 0.1) is 11.6 Å². The second-order valence-corrected chi connectivity index (χ2v) is 14.0. The highest BCUT2D eigenvalue weighted by molar-refractivity contribution is 5.87. The molecular formula is C32H43N3O4. The van der Waals surface area contributed by atoms with Crippen molar-refractivity contribution in [3.05, 3.63) is 29.3 Å². The third-order valence-corrected chi connectivity index (χ3v) is 10.9. The number of rotatable bonds is 6. The van der Waals surface area contributed by atoms with Gasteiger partial charge >= 0.3 is 0 Å². The highest BCUT2D eigenvalue weighted by Crippen LogP contribution is 2.60. The number of likely N-dealkylation sites (tertiary alicyclic amines) is 1. The molecule has 1 saturated heterocycles. The Hall–Kier alpha value is -2.88. The molecule has 5 fully saturated rings. The summed E-state index contributed by atoms with van der Waals surface area (Å²) in [6.07, 6.45) is 7.05. The molecule has 210 valence electrons. The standard InChI is InChI=1S/C32H43N3O4/c1-21-18-24(7-6-23(21)19-33)39-26-29(2,3)25(30(26,4)5)34-27(37)31-10-13-32(14-11-31,15-12-31)28(38)35-16-8-22(20-36)9-17-35/h6-7,18,20,22,25-26H,8-17H2,1-5H3,(H,34,37). The number of hydrogen-bond acceptors (Lipinski definition) is 5. The lowest BCUT2D eigenvalue weighted by molar-refractivity contribution is -0.181. The number of fused-ring (bicyclic) bond motifs is 3. The number of aryl methyl sites for hydroxylation is 1. The van der Waals surface area contributed by atoms with Crippen LogP contribution < -0.4 is 10.1 Å². The summed E-state index contributed by atoms with van der Waals surface area (Å²) in [5, 5.41) is 12.7. The number of piperidine rings is 1. The van der Waals surface area contributed by atoms with Crippen molar-refractivity contribution in [2.45, 2.75) is 98.1 Å². The van der Waals surface area contributed by atoms with E-state index >= 15 is 0 Å². The molecule has 7 heteroatoms. The molecule has 5 aliphatic rings. The average molecular weight is 534 g/mol. The first-order valence-electron chi connectivity index (χ1n) is 14.6. The van der Waals surface area contributed by atoms with Gasteiger partial charge in [-0.05, 0) is 82.1 Å². The van der Waals surface area contributed by atoms with Crippen molar-refractivity contribution < 1.29 is 19.1 Å². The first-order valence-corrected chi connectivity index (χ1v) is 14.6. The third-order valence-electron chi connectivity index (χ3n) is 10.9. The molecular weight excluding hydrogens is 490 g/mol. The summed E-state index contributed by atoms with van der Waals surface area (Å²) in [6, 6.07) is 7.73. The zero-order valence-electron chi connectivity index (χ0n) is 24.1. The van der Waals surface area contributed by atoms with E-state index in [-0.39, 0.29) is 46.1 Å². The number of benzene rings is 1. The molecule has 2 amide bonds. The van der Waals surface area contributed by atoms with Crippen molar-refractivity contribution in [3.63, 3.8) is 0 Å². The Morgan fingerprint density at radius 2 is 1.56 bits per heavy atom. The maximum Gasteiger partial charge on any atom is 0.228 e. The van der Waals surface area contributed by atoms with Gasteiger partial charge in [-0.15, -0.1) is 0 Å². The summed E-state index contributed by atoms with van der Waals surface area (Å²) in [4.78, 5) is 40.5. The van der Waals surface area contributed by atoms with Gasteiger partial charge in [0, 0.05) is 46.7 Å². The lowest BCUT2D eigenvalue weighted by Crippen LogP contribution is -2.75. The van der Waals surface area contributed by atoms with Gasteiger partial charge in [0.1, 0.15) is 18.1 Å². The smallest absolute Gasteiger partial charge is 0.228 e. The van der Waals surface area contributed by atoms with Gasteiger partial charge in [-0.1, -0.05) is 27.7 Å². The quantitative estimate of drug-likeness (QED) is 0.522. The molecule has 1 heterocycles. The predicted octanol–water partition coefficient (Wildman–Crippen LogP) is 4.94. The van der Waals surface area contributed by atoms with Crippen molar-refractivity contribution in [3.8, 4) is 11.8 Å². The highest BCUT2D eigenvalue weighted by Gasteiger charge is 2.65. The number of amides is 2. The fourth-order valence-corrected chi connectivity index (χ4v) is 8.48. The molecule has 1 aromatic carbocycles. The van der Waals surface area contributed by atoms with E-state index in [4.69, 9.17) is 4.74 Å². The minimum Gasteiger partial charge on any atom is -0.489 e. The first kappa shape index (κ1) is 27.7. The number of ether oxygens (including phenoxy) is 1. The lowest BCUT2D eigenvalue weighted by Gasteiger charge is -2.64. The summed E-state index contributed by atoms with van der Waals surface area (Å²) in [7, 11) is 0. The van der Waals surface area contributed by atoms with Crippen molar-refractivity contribution in [2.75, 3.05) is 13.1 Å². The van der Waals surface area contributed by atoms with Crippen LogP contribution in [0.3, 0.4) is 0 Å². The van der Waals surface area contributed by atoms with Crippen LogP contribution in [0.5, 0.6) is 5.75 Å². The normalized spacial score (nSPS) is 33.0. The van der Waals surface area contributed by atoms with Crippen molar-refractivity contribution in [2.24, 2.45) is 27.6 Å². The van der Waals surface area contributed by atoms with Crippen LogP contribution in [0.15, 0.2) is 18.2 Å². The summed E-state index contributed by atoms with van der Waals surface area (Å²) >= 11 is 0. The fraction of sp³-hybridized carbons (Fsp3) is 0.688. The first-order chi connectivity index (χ1) is 18.4. The van der Waals surface area contributed by atoms with E-state index in [1.165, 1.54) is 0 Å². The third kappa shape index (κ3) is 4.44. The molecule has 0 radical (unpaired) electrons. The van der Waals surface area contributed by atoms with Gasteiger partial charge < -0.3 is 19.7 Å². The number of carbonyl (C=O) groups is 3. The highest BCUT2D eigenvalue weighted by atomic mass is 16.5. The maximum atomic E-state index is 13.9. The molecule has 1 aliphatic heterocycles. The Balaban J connectivity index is 1.22. The van der Waals surface area contributed by atoms with Crippen molar-refractivity contribution in [1.82, 2.24) is 10.2 Å². The number of aldehydes is 1. The number of nitrogens with one attached hydrogen (secondary N) is 1. The van der Waals surface area contributed by atoms with Crippen LogP contribution in [0.25, 0.3) is 0 Å². The largest absolute Gasteiger partial charge is 0.489 e. The zero-order chi connectivity index (χ0) is 28.2. The van der Waals surface area contributed by atoms with Crippen LogP contribution in [0.4, 0.5) is 0 Å². The Morgan fingerprint density at radius 1 is 1.00 bits per heavy atom. The Bertz CT molecular complexity index is 1160. The van der Waals surface area contributed by atoms with Crippen LogP contribution in [-0.4, -0.2) is 48.2 Å². The van der Waals surface area contributed by atoms with Gasteiger partial charge in [0.15, 0.2) is 0 Å². The molecule has 6 rings (SSSR count). The maximum absolute atomic E-state index is 13.9. The monoisotopic (exact) mass is 533 g/mol. The Labute approximate surface area is 232 Å². The van der Waals surface area contributed by atoms with Crippen LogP contribution in [0.2, 0.25) is 0 Å². The van der Waals surface area contributed by atoms with E-state index in [9.17, 15) is 19.6 Å². The van der Waals surface area contributed by atoms with Gasteiger partial charge in [-0.25, -0.2) is 0 Å². The summed E-state index contributed by atoms with van der Waals surface area (Å²) in [6.45, 7) is 11.9. The molecule has 7 nitrogen and oxygen atoms in total. The second kappa shape index (κ2) is 9.64. The minimum atomic E-state index is -0.394. The van der Waals surface area contributed by atoms with Crippen LogP contribution >= 0.6 is 0 Å². The molecule has 4 aliphatic carbocycles. The molecule has 4 saturated carbocycles. The Kier molecular flexibility index (Phi) is 6.84. The average Bonchev–Trinajstić information content (AvgIpc) is 2.94. The molecule has 1 N–H and O–H groups in total. The molecule has 0 atom stereocenters. The van der Waals surface area contributed by atoms with E-state index in [1.807, 2.05) is 24.0 Å². The summed E-state index contributed by atoms with van der Waals surface area (Å²) < 4.78 is 6.47. The molecule has 0 unspecified atom stereocenters. The predicted molar refractivity (Wildman–Crippen MR) is 148 cm³/mol. The molecule has 39 heavy (non-hydrogen) atoms. The fourth-order valence-electron chi connectivity index (χ4n) is 8.48. The number of hydrogen-bond donors (Lipinski definition) is 1. The molecule has 2 bridgehead atoms. The van der Waals surface area contributed by atoms with Gasteiger partial charge in [-0.3, -0.25) is 9.59 Å². The van der Waals surface area contributed by atoms with Gasteiger partial charge in [0.25, 0.3) is 0 Å². The summed E-state index contributed by atoms with van der Waals surface area (Å²) in [5.41, 5.74) is 0.274.